The average Bonchev–Trinajstić information content (AvgIpc) is 2.33. The van der Waals surface area contributed by atoms with Crippen molar-refractivity contribution >= 4 is 35.0 Å². The van der Waals surface area contributed by atoms with Gasteiger partial charge in [0.15, 0.2) is 0 Å². The van der Waals surface area contributed by atoms with Gasteiger partial charge in [-0.15, -0.1) is 23.2 Å². The smallest absolute Gasteiger partial charge is 0.0452 e. The van der Waals surface area contributed by atoms with E-state index < -0.39 is 0 Å². The molecule has 0 bridgehead atoms. The highest BCUT2D eigenvalue weighted by Gasteiger charge is 2.21. The van der Waals surface area contributed by atoms with Crippen LogP contribution in [0.1, 0.15) is 53.4 Å². The predicted octanol–water partition coefficient (Wildman–Crippen LogP) is 5.56. The molecule has 98 valence electrons. The molecule has 3 heteroatoms. The van der Waals surface area contributed by atoms with Crippen LogP contribution in [0.3, 0.4) is 0 Å². The zero-order valence-electron chi connectivity index (χ0n) is 11.0. The van der Waals surface area contributed by atoms with Crippen LogP contribution in [0, 0.1) is 5.92 Å². The van der Waals surface area contributed by atoms with Gasteiger partial charge in [0.1, 0.15) is 0 Å². The van der Waals surface area contributed by atoms with Crippen LogP contribution in [0.15, 0.2) is 0 Å². The number of hydrogen-bond acceptors (Lipinski definition) is 1. The van der Waals surface area contributed by atoms with Crippen molar-refractivity contribution in [3.8, 4) is 0 Å². The lowest BCUT2D eigenvalue weighted by molar-refractivity contribution is 0.524. The van der Waals surface area contributed by atoms with Crippen molar-refractivity contribution in [1.82, 2.24) is 0 Å². The summed E-state index contributed by atoms with van der Waals surface area (Å²) in [6.07, 6.45) is 4.45. The Bertz CT molecular complexity index is 146. The van der Waals surface area contributed by atoms with E-state index in [1.165, 1.54) is 6.42 Å². The van der Waals surface area contributed by atoms with E-state index in [0.29, 0.717) is 21.9 Å². The van der Waals surface area contributed by atoms with Gasteiger partial charge in [0, 0.05) is 16.0 Å². The van der Waals surface area contributed by atoms with Crippen molar-refractivity contribution in [2.45, 2.75) is 69.4 Å². The molecule has 0 aliphatic rings. The highest BCUT2D eigenvalue weighted by atomic mass is 35.5. The van der Waals surface area contributed by atoms with Crippen LogP contribution in [0.5, 0.6) is 0 Å². The quantitative estimate of drug-likeness (QED) is 0.500. The molecule has 0 radical (unpaired) electrons. The fourth-order valence-corrected chi connectivity index (χ4v) is 4.17. The monoisotopic (exact) mass is 284 g/mol. The third kappa shape index (κ3) is 6.02. The van der Waals surface area contributed by atoms with Crippen LogP contribution in [0.2, 0.25) is 0 Å². The first-order chi connectivity index (χ1) is 7.60. The Hall–Kier alpha value is 0.930. The molecule has 0 saturated carbocycles. The van der Waals surface area contributed by atoms with Gasteiger partial charge in [-0.25, -0.2) is 0 Å². The molecule has 16 heavy (non-hydrogen) atoms. The molecule has 0 saturated heterocycles. The molecule has 0 nitrogen and oxygen atoms in total. The van der Waals surface area contributed by atoms with Crippen molar-refractivity contribution in [1.29, 1.82) is 0 Å². The molecule has 0 aliphatic heterocycles. The van der Waals surface area contributed by atoms with Crippen molar-refractivity contribution in [3.63, 3.8) is 0 Å². The van der Waals surface area contributed by atoms with Crippen molar-refractivity contribution < 1.29 is 0 Å². The minimum absolute atomic E-state index is 0.308. The first-order valence-electron chi connectivity index (χ1n) is 6.50. The second kappa shape index (κ2) is 9.91. The van der Waals surface area contributed by atoms with Crippen LogP contribution in [-0.2, 0) is 0 Å². The van der Waals surface area contributed by atoms with Crippen LogP contribution in [0.4, 0.5) is 0 Å². The van der Waals surface area contributed by atoms with Gasteiger partial charge in [-0.3, -0.25) is 0 Å². The fourth-order valence-electron chi connectivity index (χ4n) is 1.80. The molecular formula is C13H26Cl2S. The summed E-state index contributed by atoms with van der Waals surface area (Å²) in [6.45, 7) is 8.78. The summed E-state index contributed by atoms with van der Waals surface area (Å²) in [5.74, 6) is 1.78. The Balaban J connectivity index is 4.07. The SMILES string of the molecule is CCC(Cl)C(CC)CSC(CC)C(Cl)CC. The van der Waals surface area contributed by atoms with E-state index in [0.717, 1.165) is 25.0 Å². The number of halogens is 2. The summed E-state index contributed by atoms with van der Waals surface area (Å²) >= 11 is 14.7. The summed E-state index contributed by atoms with van der Waals surface area (Å²) in [7, 11) is 0. The first kappa shape index (κ1) is 16.9. The van der Waals surface area contributed by atoms with Gasteiger partial charge in [0.2, 0.25) is 0 Å². The molecule has 0 spiro atoms. The number of thioether (sulfide) groups is 1. The molecule has 0 aromatic carbocycles. The topological polar surface area (TPSA) is 0 Å². The molecule has 4 atom stereocenters. The summed E-state index contributed by atoms with van der Waals surface area (Å²) in [5, 5.41) is 1.22. The molecule has 0 aliphatic carbocycles. The van der Waals surface area contributed by atoms with E-state index in [4.69, 9.17) is 23.2 Å². The number of hydrogen-bond donors (Lipinski definition) is 0. The summed E-state index contributed by atoms with van der Waals surface area (Å²) in [4.78, 5) is 0. The van der Waals surface area contributed by atoms with Crippen LogP contribution in [-0.4, -0.2) is 21.8 Å². The first-order valence-corrected chi connectivity index (χ1v) is 8.42. The Morgan fingerprint density at radius 2 is 1.38 bits per heavy atom. The molecule has 0 N–H and O–H groups in total. The second-order valence-electron chi connectivity index (χ2n) is 4.30. The highest BCUT2D eigenvalue weighted by molar-refractivity contribution is 8.00. The van der Waals surface area contributed by atoms with Gasteiger partial charge >= 0.3 is 0 Å². The Kier molecular flexibility index (Phi) is 10.5. The Morgan fingerprint density at radius 1 is 0.812 bits per heavy atom. The maximum Gasteiger partial charge on any atom is 0.0452 e. The molecular weight excluding hydrogens is 259 g/mol. The van der Waals surface area contributed by atoms with E-state index >= 15 is 0 Å². The van der Waals surface area contributed by atoms with Crippen LogP contribution >= 0.6 is 35.0 Å². The van der Waals surface area contributed by atoms with Gasteiger partial charge in [0.05, 0.1) is 0 Å². The average molecular weight is 285 g/mol. The van der Waals surface area contributed by atoms with E-state index in [9.17, 15) is 0 Å². The molecule has 0 rings (SSSR count). The third-order valence-electron chi connectivity index (χ3n) is 3.15. The standard InChI is InChI=1S/C13H26Cl2S/c1-5-10(11(14)6-2)9-16-13(8-4)12(15)7-3/h10-13H,5-9H2,1-4H3. The second-order valence-corrected chi connectivity index (χ2v) is 6.69. The van der Waals surface area contributed by atoms with Crippen LogP contribution in [0.25, 0.3) is 0 Å². The largest absolute Gasteiger partial charge is 0.157 e. The van der Waals surface area contributed by atoms with E-state index in [1.54, 1.807) is 0 Å². The fraction of sp³-hybridized carbons (Fsp3) is 1.00. The maximum atomic E-state index is 6.33. The minimum Gasteiger partial charge on any atom is -0.157 e. The predicted molar refractivity (Wildman–Crippen MR) is 80.2 cm³/mol. The van der Waals surface area contributed by atoms with Gasteiger partial charge in [-0.1, -0.05) is 34.1 Å². The lowest BCUT2D eigenvalue weighted by Crippen LogP contribution is -2.21. The number of alkyl halides is 2. The summed E-state index contributed by atoms with van der Waals surface area (Å²) < 4.78 is 0. The lowest BCUT2D eigenvalue weighted by Gasteiger charge is -2.24. The van der Waals surface area contributed by atoms with E-state index in [-0.39, 0.29) is 0 Å². The molecule has 0 heterocycles. The van der Waals surface area contributed by atoms with Gasteiger partial charge in [-0.05, 0) is 30.9 Å². The zero-order chi connectivity index (χ0) is 12.6. The normalized spacial score (nSPS) is 19.1. The van der Waals surface area contributed by atoms with Gasteiger partial charge in [-0.2, -0.15) is 11.8 Å². The van der Waals surface area contributed by atoms with E-state index in [2.05, 4.69) is 27.7 Å². The summed E-state index contributed by atoms with van der Waals surface area (Å²) in [6, 6.07) is 0. The molecule has 0 amide bonds. The molecule has 0 fully saturated rings. The lowest BCUT2D eigenvalue weighted by atomic mass is 10.0. The van der Waals surface area contributed by atoms with Crippen molar-refractivity contribution in [2.75, 3.05) is 5.75 Å². The molecule has 0 aromatic rings. The zero-order valence-corrected chi connectivity index (χ0v) is 13.3. The van der Waals surface area contributed by atoms with Gasteiger partial charge in [0.25, 0.3) is 0 Å². The highest BCUT2D eigenvalue weighted by Crippen LogP contribution is 2.29. The summed E-state index contributed by atoms with van der Waals surface area (Å²) in [5.41, 5.74) is 0. The maximum absolute atomic E-state index is 6.33. The molecule has 0 aromatic heterocycles. The van der Waals surface area contributed by atoms with E-state index in [1.807, 2.05) is 11.8 Å². The van der Waals surface area contributed by atoms with Crippen LogP contribution < -0.4 is 0 Å². The third-order valence-corrected chi connectivity index (χ3v) is 6.28. The Morgan fingerprint density at radius 3 is 1.75 bits per heavy atom. The Labute approximate surface area is 116 Å². The van der Waals surface area contributed by atoms with Crippen molar-refractivity contribution in [3.05, 3.63) is 0 Å². The molecule has 4 unspecified atom stereocenters. The van der Waals surface area contributed by atoms with Crippen molar-refractivity contribution in [2.24, 2.45) is 5.92 Å². The minimum atomic E-state index is 0.308. The number of rotatable bonds is 9. The van der Waals surface area contributed by atoms with Gasteiger partial charge < -0.3 is 0 Å².